The fourth-order valence-corrected chi connectivity index (χ4v) is 1.88. The van der Waals surface area contributed by atoms with Crippen molar-refractivity contribution in [3.05, 3.63) is 58.8 Å². The quantitative estimate of drug-likeness (QED) is 0.768. The number of benzene rings is 1. The Morgan fingerprint density at radius 2 is 2.20 bits per heavy atom. The van der Waals surface area contributed by atoms with Gasteiger partial charge in [-0.3, -0.25) is 0 Å². The van der Waals surface area contributed by atoms with Crippen LogP contribution in [0.15, 0.2) is 47.7 Å². The van der Waals surface area contributed by atoms with Crippen LogP contribution >= 0.6 is 0 Å². The maximum Gasteiger partial charge on any atom is 0.0779 e. The molecular formula is C14H17N. The highest BCUT2D eigenvalue weighted by Crippen LogP contribution is 2.32. The summed E-state index contributed by atoms with van der Waals surface area (Å²) in [5.74, 6) is 0. The van der Waals surface area contributed by atoms with Crippen LogP contribution in [0.1, 0.15) is 31.0 Å². The summed E-state index contributed by atoms with van der Waals surface area (Å²) in [7, 11) is 0. The van der Waals surface area contributed by atoms with E-state index in [1.165, 1.54) is 22.3 Å². The van der Waals surface area contributed by atoms with Crippen molar-refractivity contribution >= 4 is 0 Å². The smallest absolute Gasteiger partial charge is 0.0779 e. The van der Waals surface area contributed by atoms with E-state index in [9.17, 15) is 0 Å². The monoisotopic (exact) mass is 199 g/mol. The van der Waals surface area contributed by atoms with Crippen molar-refractivity contribution in [2.75, 3.05) is 0 Å². The fraction of sp³-hybridized carbons (Fsp3) is 0.286. The van der Waals surface area contributed by atoms with Gasteiger partial charge in [-0.05, 0) is 37.5 Å². The lowest BCUT2D eigenvalue weighted by atomic mass is 9.89. The van der Waals surface area contributed by atoms with Crippen LogP contribution in [-0.2, 0) is 0 Å². The minimum absolute atomic E-state index is 0.390. The highest BCUT2D eigenvalue weighted by molar-refractivity contribution is 5.45. The number of hydrogen-bond donors (Lipinski definition) is 1. The van der Waals surface area contributed by atoms with Gasteiger partial charge in [0.2, 0.25) is 0 Å². The largest absolute Gasteiger partial charge is 0.380 e. The Kier molecular flexibility index (Phi) is 2.63. The summed E-state index contributed by atoms with van der Waals surface area (Å²) < 4.78 is 0. The molecule has 0 fully saturated rings. The predicted molar refractivity (Wildman–Crippen MR) is 64.6 cm³/mol. The molecule has 1 heteroatoms. The third kappa shape index (κ3) is 1.82. The molecular weight excluding hydrogens is 182 g/mol. The van der Waals surface area contributed by atoms with E-state index in [1.807, 2.05) is 0 Å². The van der Waals surface area contributed by atoms with Gasteiger partial charge in [0.15, 0.2) is 0 Å². The second kappa shape index (κ2) is 3.93. The molecule has 1 aliphatic heterocycles. The van der Waals surface area contributed by atoms with Crippen LogP contribution < -0.4 is 5.32 Å². The summed E-state index contributed by atoms with van der Waals surface area (Å²) in [6.07, 6.45) is 4.26. The van der Waals surface area contributed by atoms with Gasteiger partial charge in [0, 0.05) is 6.20 Å². The molecule has 1 N–H and O–H groups in total. The topological polar surface area (TPSA) is 12.0 Å². The average Bonchev–Trinajstić information content (AvgIpc) is 2.16. The molecule has 0 saturated heterocycles. The molecule has 15 heavy (non-hydrogen) atoms. The highest BCUT2D eigenvalue weighted by atomic mass is 15.0. The van der Waals surface area contributed by atoms with E-state index in [0.29, 0.717) is 6.04 Å². The highest BCUT2D eigenvalue weighted by Gasteiger charge is 2.23. The molecule has 78 valence electrons. The van der Waals surface area contributed by atoms with Crippen LogP contribution in [0.5, 0.6) is 0 Å². The first-order valence-electron chi connectivity index (χ1n) is 5.38. The second-order valence-electron chi connectivity index (χ2n) is 4.09. The maximum absolute atomic E-state index is 3.35. The Balaban J connectivity index is 2.25. The molecule has 0 amide bonds. The van der Waals surface area contributed by atoms with Crippen molar-refractivity contribution in [3.63, 3.8) is 0 Å². The Labute approximate surface area is 91.5 Å². The maximum atomic E-state index is 3.35. The molecule has 1 unspecified atom stereocenters. The summed E-state index contributed by atoms with van der Waals surface area (Å²) >= 11 is 0. The SMILES string of the molecule is C/C=C(\C)C1=CNC1c1cccc(C)c1. The standard InChI is InChI=1S/C14H17N/c1-4-11(3)13-9-15-14(13)12-7-5-6-10(2)8-12/h4-9,14-15H,1-3H3/b11-4+. The van der Waals surface area contributed by atoms with Gasteiger partial charge in [-0.2, -0.15) is 0 Å². The zero-order valence-corrected chi connectivity index (χ0v) is 9.54. The van der Waals surface area contributed by atoms with Gasteiger partial charge in [-0.15, -0.1) is 0 Å². The Morgan fingerprint density at radius 1 is 1.40 bits per heavy atom. The van der Waals surface area contributed by atoms with Crippen molar-refractivity contribution in [1.82, 2.24) is 5.32 Å². The second-order valence-corrected chi connectivity index (χ2v) is 4.09. The third-order valence-corrected chi connectivity index (χ3v) is 2.98. The van der Waals surface area contributed by atoms with Gasteiger partial charge in [0.1, 0.15) is 0 Å². The van der Waals surface area contributed by atoms with Gasteiger partial charge < -0.3 is 5.32 Å². The number of allylic oxidation sites excluding steroid dienone is 1. The van der Waals surface area contributed by atoms with Crippen LogP contribution in [0.25, 0.3) is 0 Å². The van der Waals surface area contributed by atoms with Crippen molar-refractivity contribution in [3.8, 4) is 0 Å². The summed E-state index contributed by atoms with van der Waals surface area (Å²) in [4.78, 5) is 0. The van der Waals surface area contributed by atoms with Crippen molar-refractivity contribution in [2.45, 2.75) is 26.8 Å². The lowest BCUT2D eigenvalue weighted by Gasteiger charge is -2.30. The molecule has 0 radical (unpaired) electrons. The van der Waals surface area contributed by atoms with E-state index in [0.717, 1.165) is 0 Å². The van der Waals surface area contributed by atoms with Crippen molar-refractivity contribution in [2.24, 2.45) is 0 Å². The zero-order valence-electron chi connectivity index (χ0n) is 9.54. The lowest BCUT2D eigenvalue weighted by molar-refractivity contribution is 0.639. The van der Waals surface area contributed by atoms with Crippen molar-refractivity contribution in [1.29, 1.82) is 0 Å². The van der Waals surface area contributed by atoms with Crippen molar-refractivity contribution < 1.29 is 0 Å². The van der Waals surface area contributed by atoms with Gasteiger partial charge in [0.05, 0.1) is 6.04 Å². The zero-order chi connectivity index (χ0) is 10.8. The lowest BCUT2D eigenvalue weighted by Crippen LogP contribution is -2.28. The minimum Gasteiger partial charge on any atom is -0.380 e. The molecule has 1 heterocycles. The van der Waals surface area contributed by atoms with E-state index in [2.05, 4.69) is 62.6 Å². The summed E-state index contributed by atoms with van der Waals surface area (Å²) in [6.45, 7) is 6.38. The van der Waals surface area contributed by atoms with Gasteiger partial charge in [-0.1, -0.05) is 35.9 Å². The van der Waals surface area contributed by atoms with Crippen LogP contribution in [0, 0.1) is 6.92 Å². The van der Waals surface area contributed by atoms with E-state index in [4.69, 9.17) is 0 Å². The molecule has 1 atom stereocenters. The Morgan fingerprint density at radius 3 is 2.73 bits per heavy atom. The van der Waals surface area contributed by atoms with E-state index in [1.54, 1.807) is 0 Å². The molecule has 1 nitrogen and oxygen atoms in total. The Bertz CT molecular complexity index is 427. The fourth-order valence-electron chi connectivity index (χ4n) is 1.88. The van der Waals surface area contributed by atoms with E-state index >= 15 is 0 Å². The van der Waals surface area contributed by atoms with E-state index in [-0.39, 0.29) is 0 Å². The average molecular weight is 199 g/mol. The summed E-state index contributed by atoms with van der Waals surface area (Å²) in [5.41, 5.74) is 5.44. The first-order chi connectivity index (χ1) is 7.22. The molecule has 2 rings (SSSR count). The van der Waals surface area contributed by atoms with Gasteiger partial charge in [-0.25, -0.2) is 0 Å². The normalized spacial score (nSPS) is 20.3. The number of hydrogen-bond acceptors (Lipinski definition) is 1. The third-order valence-electron chi connectivity index (χ3n) is 2.98. The molecule has 1 aliphatic rings. The molecule has 1 aromatic rings. The van der Waals surface area contributed by atoms with Gasteiger partial charge >= 0.3 is 0 Å². The first kappa shape index (κ1) is 10.0. The molecule has 0 spiro atoms. The van der Waals surface area contributed by atoms with Crippen LogP contribution in [0.3, 0.4) is 0 Å². The van der Waals surface area contributed by atoms with Crippen LogP contribution in [0.4, 0.5) is 0 Å². The molecule has 1 aromatic carbocycles. The summed E-state index contributed by atoms with van der Waals surface area (Å²) in [6, 6.07) is 9.07. The Hall–Kier alpha value is -1.50. The van der Waals surface area contributed by atoms with E-state index < -0.39 is 0 Å². The molecule has 0 bridgehead atoms. The first-order valence-corrected chi connectivity index (χ1v) is 5.38. The molecule has 0 aromatic heterocycles. The number of nitrogens with one attached hydrogen (secondary N) is 1. The minimum atomic E-state index is 0.390. The van der Waals surface area contributed by atoms with Crippen LogP contribution in [-0.4, -0.2) is 0 Å². The number of rotatable bonds is 2. The molecule has 0 saturated carbocycles. The molecule has 0 aliphatic carbocycles. The van der Waals surface area contributed by atoms with Crippen LogP contribution in [0.2, 0.25) is 0 Å². The predicted octanol–water partition coefficient (Wildman–Crippen LogP) is 3.49. The number of aryl methyl sites for hydroxylation is 1. The van der Waals surface area contributed by atoms with Gasteiger partial charge in [0.25, 0.3) is 0 Å². The summed E-state index contributed by atoms with van der Waals surface area (Å²) in [5, 5.41) is 3.35.